The van der Waals surface area contributed by atoms with E-state index in [-0.39, 0.29) is 0 Å². The molecule has 1 aromatic rings. The molecule has 4 heteroatoms. The van der Waals surface area contributed by atoms with Crippen LogP contribution >= 0.6 is 0 Å². The van der Waals surface area contributed by atoms with Crippen LogP contribution in [0, 0.1) is 11.3 Å². The number of nitrogen functional groups attached to an aromatic ring is 1. The largest absolute Gasteiger partial charge is 0.398 e. The molecule has 4 nitrogen and oxygen atoms in total. The molecule has 19 heavy (non-hydrogen) atoms. The van der Waals surface area contributed by atoms with Gasteiger partial charge in [-0.05, 0) is 49.4 Å². The van der Waals surface area contributed by atoms with Crippen LogP contribution in [0.2, 0.25) is 0 Å². The summed E-state index contributed by atoms with van der Waals surface area (Å²) < 4.78 is 5.69. The number of nitrogens with zero attached hydrogens (tertiary/aromatic N) is 1. The predicted molar refractivity (Wildman–Crippen MR) is 76.9 cm³/mol. The fourth-order valence-electron chi connectivity index (χ4n) is 2.37. The third kappa shape index (κ3) is 4.15. The second-order valence-corrected chi connectivity index (χ2v) is 4.95. The second kappa shape index (κ2) is 7.01. The highest BCUT2D eigenvalue weighted by Gasteiger charge is 2.12. The van der Waals surface area contributed by atoms with Crippen molar-refractivity contribution in [2.75, 3.05) is 24.2 Å². The smallest absolute Gasteiger partial charge is 0.0670 e. The van der Waals surface area contributed by atoms with Crippen molar-refractivity contribution in [2.45, 2.75) is 38.2 Å². The number of nitriles is 1. The van der Waals surface area contributed by atoms with E-state index in [0.717, 1.165) is 30.8 Å². The fourth-order valence-corrected chi connectivity index (χ4v) is 2.37. The van der Waals surface area contributed by atoms with Gasteiger partial charge in [0.05, 0.1) is 18.6 Å². The van der Waals surface area contributed by atoms with Gasteiger partial charge in [0, 0.05) is 24.5 Å². The van der Waals surface area contributed by atoms with E-state index in [1.807, 2.05) is 18.2 Å². The van der Waals surface area contributed by atoms with Crippen molar-refractivity contribution in [1.82, 2.24) is 0 Å². The standard InChI is InChI=1S/C15H21N3O/c16-8-6-12-11-13(4-5-15(12)17)18-9-7-14-3-1-2-10-19-14/h4-5,11,14,18H,1-3,6-7,9-10,17H2. The van der Waals surface area contributed by atoms with Gasteiger partial charge in [-0.25, -0.2) is 0 Å². The Morgan fingerprint density at radius 3 is 3.05 bits per heavy atom. The second-order valence-electron chi connectivity index (χ2n) is 4.95. The van der Waals surface area contributed by atoms with Crippen LogP contribution < -0.4 is 11.1 Å². The van der Waals surface area contributed by atoms with Gasteiger partial charge in [0.2, 0.25) is 0 Å². The zero-order valence-corrected chi connectivity index (χ0v) is 11.2. The maximum absolute atomic E-state index is 8.74. The van der Waals surface area contributed by atoms with E-state index in [4.69, 9.17) is 15.7 Å². The minimum Gasteiger partial charge on any atom is -0.398 e. The first kappa shape index (κ1) is 13.7. The molecule has 1 saturated heterocycles. The van der Waals surface area contributed by atoms with E-state index in [9.17, 15) is 0 Å². The van der Waals surface area contributed by atoms with E-state index >= 15 is 0 Å². The Labute approximate surface area is 114 Å². The molecule has 0 radical (unpaired) electrons. The molecular weight excluding hydrogens is 238 g/mol. The topological polar surface area (TPSA) is 71.1 Å². The maximum Gasteiger partial charge on any atom is 0.0670 e. The number of hydrogen-bond donors (Lipinski definition) is 2. The minimum atomic E-state index is 0.354. The molecule has 3 N–H and O–H groups in total. The van der Waals surface area contributed by atoms with Crippen molar-refractivity contribution in [1.29, 1.82) is 5.26 Å². The van der Waals surface area contributed by atoms with Crippen molar-refractivity contribution in [3.63, 3.8) is 0 Å². The summed E-state index contributed by atoms with van der Waals surface area (Å²) in [7, 11) is 0. The van der Waals surface area contributed by atoms with Crippen molar-refractivity contribution in [3.8, 4) is 6.07 Å². The predicted octanol–water partition coefficient (Wildman–Crippen LogP) is 2.71. The third-order valence-corrected chi connectivity index (χ3v) is 3.48. The Hall–Kier alpha value is -1.73. The van der Waals surface area contributed by atoms with Crippen LogP contribution in [0.1, 0.15) is 31.2 Å². The number of benzene rings is 1. The Bertz CT molecular complexity index is 447. The first-order valence-corrected chi connectivity index (χ1v) is 6.90. The van der Waals surface area contributed by atoms with E-state index < -0.39 is 0 Å². The monoisotopic (exact) mass is 259 g/mol. The Morgan fingerprint density at radius 2 is 2.32 bits per heavy atom. The van der Waals surface area contributed by atoms with Crippen LogP contribution in [-0.4, -0.2) is 19.3 Å². The zero-order chi connectivity index (χ0) is 13.5. The highest BCUT2D eigenvalue weighted by atomic mass is 16.5. The van der Waals surface area contributed by atoms with Crippen molar-refractivity contribution in [3.05, 3.63) is 23.8 Å². The molecule has 1 atom stereocenters. The SMILES string of the molecule is N#CCc1cc(NCCC2CCCCO2)ccc1N. The van der Waals surface area contributed by atoms with Crippen molar-refractivity contribution in [2.24, 2.45) is 0 Å². The van der Waals surface area contributed by atoms with Crippen LogP contribution in [-0.2, 0) is 11.2 Å². The molecule has 0 bridgehead atoms. The first-order chi connectivity index (χ1) is 9.29. The Morgan fingerprint density at radius 1 is 1.42 bits per heavy atom. The molecule has 0 aliphatic carbocycles. The Balaban J connectivity index is 1.82. The molecule has 0 amide bonds. The molecule has 0 aromatic heterocycles. The number of ether oxygens (including phenoxy) is 1. The van der Waals surface area contributed by atoms with Gasteiger partial charge in [-0.15, -0.1) is 0 Å². The molecule has 1 aliphatic rings. The third-order valence-electron chi connectivity index (χ3n) is 3.48. The lowest BCUT2D eigenvalue weighted by atomic mass is 10.1. The van der Waals surface area contributed by atoms with Gasteiger partial charge < -0.3 is 15.8 Å². The van der Waals surface area contributed by atoms with Crippen LogP contribution in [0.25, 0.3) is 0 Å². The first-order valence-electron chi connectivity index (χ1n) is 6.90. The van der Waals surface area contributed by atoms with Crippen LogP contribution in [0.15, 0.2) is 18.2 Å². The van der Waals surface area contributed by atoms with Gasteiger partial charge >= 0.3 is 0 Å². The number of nitrogens with one attached hydrogen (secondary N) is 1. The molecular formula is C15H21N3O. The average molecular weight is 259 g/mol. The van der Waals surface area contributed by atoms with Crippen molar-refractivity contribution >= 4 is 11.4 Å². The fraction of sp³-hybridized carbons (Fsp3) is 0.533. The van der Waals surface area contributed by atoms with Gasteiger partial charge in [-0.3, -0.25) is 0 Å². The van der Waals surface area contributed by atoms with E-state index in [0.29, 0.717) is 18.2 Å². The van der Waals surface area contributed by atoms with Crippen LogP contribution in [0.3, 0.4) is 0 Å². The summed E-state index contributed by atoms with van der Waals surface area (Å²) in [6, 6.07) is 7.90. The summed E-state index contributed by atoms with van der Waals surface area (Å²) in [5, 5.41) is 12.1. The summed E-state index contributed by atoms with van der Waals surface area (Å²) in [4.78, 5) is 0. The molecule has 1 fully saturated rings. The summed E-state index contributed by atoms with van der Waals surface area (Å²) >= 11 is 0. The molecule has 102 valence electrons. The maximum atomic E-state index is 8.74. The molecule has 0 saturated carbocycles. The van der Waals surface area contributed by atoms with Crippen LogP contribution in [0.5, 0.6) is 0 Å². The molecule has 1 heterocycles. The number of nitrogens with two attached hydrogens (primary N) is 1. The average Bonchev–Trinajstić information content (AvgIpc) is 2.44. The lowest BCUT2D eigenvalue weighted by Gasteiger charge is -2.22. The molecule has 1 unspecified atom stereocenters. The van der Waals surface area contributed by atoms with E-state index in [1.165, 1.54) is 19.3 Å². The zero-order valence-electron chi connectivity index (χ0n) is 11.2. The minimum absolute atomic E-state index is 0.354. The molecule has 0 spiro atoms. The van der Waals surface area contributed by atoms with E-state index in [1.54, 1.807) is 0 Å². The Kier molecular flexibility index (Phi) is 5.05. The molecule has 1 aromatic carbocycles. The van der Waals surface area contributed by atoms with Gasteiger partial charge in [0.1, 0.15) is 0 Å². The summed E-state index contributed by atoms with van der Waals surface area (Å²) in [5.74, 6) is 0. The van der Waals surface area contributed by atoms with E-state index in [2.05, 4.69) is 11.4 Å². The number of rotatable bonds is 5. The van der Waals surface area contributed by atoms with Gasteiger partial charge in [-0.2, -0.15) is 5.26 Å². The summed E-state index contributed by atoms with van der Waals surface area (Å²) in [5.41, 5.74) is 8.42. The summed E-state index contributed by atoms with van der Waals surface area (Å²) in [6.07, 6.45) is 5.42. The molecule has 2 rings (SSSR count). The van der Waals surface area contributed by atoms with Gasteiger partial charge in [-0.1, -0.05) is 0 Å². The highest BCUT2D eigenvalue weighted by molar-refractivity contribution is 5.57. The van der Waals surface area contributed by atoms with Crippen molar-refractivity contribution < 1.29 is 4.74 Å². The lowest BCUT2D eigenvalue weighted by molar-refractivity contribution is 0.0134. The quantitative estimate of drug-likeness (QED) is 0.798. The normalized spacial score (nSPS) is 18.8. The molecule has 1 aliphatic heterocycles. The highest BCUT2D eigenvalue weighted by Crippen LogP contribution is 2.19. The summed E-state index contributed by atoms with van der Waals surface area (Å²) in [6.45, 7) is 1.79. The van der Waals surface area contributed by atoms with Crippen LogP contribution in [0.4, 0.5) is 11.4 Å². The number of hydrogen-bond acceptors (Lipinski definition) is 4. The van der Waals surface area contributed by atoms with Gasteiger partial charge in [0.15, 0.2) is 0 Å². The van der Waals surface area contributed by atoms with Gasteiger partial charge in [0.25, 0.3) is 0 Å². The number of anilines is 2. The lowest BCUT2D eigenvalue weighted by Crippen LogP contribution is -2.22.